The number of nitrogens with zero attached hydrogens (tertiary/aromatic N) is 4. The van der Waals surface area contributed by atoms with Gasteiger partial charge < -0.3 is 24.5 Å². The second-order valence-corrected chi connectivity index (χ2v) is 9.73. The summed E-state index contributed by atoms with van der Waals surface area (Å²) in [5, 5.41) is 14.1. The zero-order valence-corrected chi connectivity index (χ0v) is 20.0. The molecule has 0 radical (unpaired) electrons. The zero-order chi connectivity index (χ0) is 23.8. The number of benzene rings is 1. The molecule has 1 saturated carbocycles. The number of imidazole rings is 1. The first kappa shape index (κ1) is 22.5. The standard InChI is InChI=1S/C26H33N5O3/c1-29-16-19(26(34)31-13-7-3-4-8-14-31)23(32)22(29)24-28-20-15-18(11-12-21(20)30(24)2)27-25(33)17-9-5-6-10-17/h11-12,15-17,32H,3-10,13-14H2,1-2H3,(H,27,33). The number of aromatic hydroxyl groups is 1. The lowest BCUT2D eigenvalue weighted by molar-refractivity contribution is -0.119. The Morgan fingerprint density at radius 2 is 1.74 bits per heavy atom. The number of hydrogen-bond donors (Lipinski definition) is 2. The van der Waals surface area contributed by atoms with Gasteiger partial charge in [-0.05, 0) is 43.9 Å². The van der Waals surface area contributed by atoms with Crippen molar-refractivity contribution in [1.82, 2.24) is 19.0 Å². The largest absolute Gasteiger partial charge is 0.505 e. The molecule has 5 rings (SSSR count). The minimum Gasteiger partial charge on any atom is -0.505 e. The molecule has 2 fully saturated rings. The summed E-state index contributed by atoms with van der Waals surface area (Å²) in [6.45, 7) is 1.45. The summed E-state index contributed by atoms with van der Waals surface area (Å²) >= 11 is 0. The van der Waals surface area contributed by atoms with Crippen molar-refractivity contribution in [2.45, 2.75) is 51.4 Å². The third-order valence-electron chi connectivity index (χ3n) is 7.36. The average Bonchev–Trinajstić information content (AvgIpc) is 3.46. The fraction of sp³-hybridized carbons (Fsp3) is 0.500. The Balaban J connectivity index is 1.45. The van der Waals surface area contributed by atoms with Crippen LogP contribution in [0.3, 0.4) is 0 Å². The second kappa shape index (κ2) is 9.16. The van der Waals surface area contributed by atoms with E-state index in [-0.39, 0.29) is 23.5 Å². The third-order valence-corrected chi connectivity index (χ3v) is 7.36. The number of fused-ring (bicyclic) bond motifs is 1. The quantitative estimate of drug-likeness (QED) is 0.599. The molecule has 2 aromatic heterocycles. The molecule has 34 heavy (non-hydrogen) atoms. The zero-order valence-electron chi connectivity index (χ0n) is 20.0. The van der Waals surface area contributed by atoms with Gasteiger partial charge in [0.05, 0.1) is 16.6 Å². The van der Waals surface area contributed by atoms with Gasteiger partial charge in [0, 0.05) is 45.0 Å². The maximum atomic E-state index is 13.2. The SMILES string of the molecule is Cn1cc(C(=O)N2CCCCCC2)c(O)c1-c1nc2cc(NC(=O)C3CCCC3)ccc2n1C. The van der Waals surface area contributed by atoms with Gasteiger partial charge in [-0.25, -0.2) is 4.98 Å². The van der Waals surface area contributed by atoms with Crippen molar-refractivity contribution in [3.05, 3.63) is 30.0 Å². The first-order chi connectivity index (χ1) is 16.4. The van der Waals surface area contributed by atoms with E-state index in [0.717, 1.165) is 81.2 Å². The highest BCUT2D eigenvalue weighted by Gasteiger charge is 2.27. The molecule has 2 N–H and O–H groups in total. The summed E-state index contributed by atoms with van der Waals surface area (Å²) in [7, 11) is 3.71. The van der Waals surface area contributed by atoms with E-state index in [1.807, 2.05) is 41.8 Å². The van der Waals surface area contributed by atoms with Crippen LogP contribution in [-0.2, 0) is 18.9 Å². The minimum absolute atomic E-state index is 0.0371. The molecular weight excluding hydrogens is 430 g/mol. The van der Waals surface area contributed by atoms with Gasteiger partial charge in [0.15, 0.2) is 11.6 Å². The number of anilines is 1. The highest BCUT2D eigenvalue weighted by molar-refractivity contribution is 5.99. The first-order valence-corrected chi connectivity index (χ1v) is 12.4. The van der Waals surface area contributed by atoms with E-state index in [0.29, 0.717) is 17.1 Å². The Hall–Kier alpha value is -3.29. The Morgan fingerprint density at radius 1 is 1.03 bits per heavy atom. The smallest absolute Gasteiger partial charge is 0.259 e. The van der Waals surface area contributed by atoms with Crippen LogP contribution in [0.25, 0.3) is 22.6 Å². The van der Waals surface area contributed by atoms with E-state index in [1.165, 1.54) is 0 Å². The van der Waals surface area contributed by atoms with Crippen molar-refractivity contribution in [2.24, 2.45) is 20.0 Å². The van der Waals surface area contributed by atoms with E-state index in [1.54, 1.807) is 10.8 Å². The van der Waals surface area contributed by atoms with Crippen molar-refractivity contribution in [1.29, 1.82) is 0 Å². The molecule has 1 aliphatic heterocycles. The van der Waals surface area contributed by atoms with Gasteiger partial charge in [-0.2, -0.15) is 0 Å². The maximum absolute atomic E-state index is 13.2. The lowest BCUT2D eigenvalue weighted by Gasteiger charge is -2.19. The highest BCUT2D eigenvalue weighted by atomic mass is 16.3. The molecule has 8 nitrogen and oxygen atoms in total. The minimum atomic E-state index is -0.128. The number of carbonyl (C=O) groups is 2. The Kier molecular flexibility index (Phi) is 6.06. The van der Waals surface area contributed by atoms with Crippen LogP contribution in [-0.4, -0.2) is 49.0 Å². The van der Waals surface area contributed by atoms with E-state index < -0.39 is 0 Å². The van der Waals surface area contributed by atoms with Gasteiger partial charge in [0.1, 0.15) is 5.69 Å². The second-order valence-electron chi connectivity index (χ2n) is 9.73. The monoisotopic (exact) mass is 463 g/mol. The normalized spacial score (nSPS) is 17.3. The fourth-order valence-corrected chi connectivity index (χ4v) is 5.40. The summed E-state index contributed by atoms with van der Waals surface area (Å²) < 4.78 is 3.68. The molecule has 0 bridgehead atoms. The van der Waals surface area contributed by atoms with Crippen LogP contribution in [0.1, 0.15) is 61.7 Å². The number of likely N-dealkylation sites (tertiary alicyclic amines) is 1. The van der Waals surface area contributed by atoms with Crippen LogP contribution in [0.5, 0.6) is 5.75 Å². The summed E-state index contributed by atoms with van der Waals surface area (Å²) in [5.41, 5.74) is 3.16. The van der Waals surface area contributed by atoms with Crippen molar-refractivity contribution in [3.8, 4) is 17.3 Å². The number of nitrogens with one attached hydrogen (secondary N) is 1. The molecule has 1 aliphatic carbocycles. The van der Waals surface area contributed by atoms with Crippen molar-refractivity contribution in [2.75, 3.05) is 18.4 Å². The maximum Gasteiger partial charge on any atom is 0.259 e. The highest BCUT2D eigenvalue weighted by Crippen LogP contribution is 2.36. The van der Waals surface area contributed by atoms with Crippen molar-refractivity contribution in [3.63, 3.8) is 0 Å². The van der Waals surface area contributed by atoms with Crippen LogP contribution < -0.4 is 5.32 Å². The molecule has 0 unspecified atom stereocenters. The average molecular weight is 464 g/mol. The Bertz CT molecular complexity index is 1230. The van der Waals surface area contributed by atoms with Crippen LogP contribution >= 0.6 is 0 Å². The van der Waals surface area contributed by atoms with Gasteiger partial charge in [0.25, 0.3) is 5.91 Å². The molecule has 1 aromatic carbocycles. The van der Waals surface area contributed by atoms with Crippen LogP contribution in [0.2, 0.25) is 0 Å². The fourth-order valence-electron chi connectivity index (χ4n) is 5.40. The molecule has 3 aromatic rings. The number of carbonyl (C=O) groups excluding carboxylic acids is 2. The molecule has 2 aliphatic rings. The third kappa shape index (κ3) is 4.06. The summed E-state index contributed by atoms with van der Waals surface area (Å²) in [4.78, 5) is 32.3. The number of hydrogen-bond acceptors (Lipinski definition) is 4. The molecule has 180 valence electrons. The molecule has 0 spiro atoms. The lowest BCUT2D eigenvalue weighted by atomic mass is 10.1. The van der Waals surface area contributed by atoms with Gasteiger partial charge in [0.2, 0.25) is 5.91 Å². The topological polar surface area (TPSA) is 92.4 Å². The van der Waals surface area contributed by atoms with Gasteiger partial charge in [-0.1, -0.05) is 25.7 Å². The van der Waals surface area contributed by atoms with Gasteiger partial charge in [-0.15, -0.1) is 0 Å². The first-order valence-electron chi connectivity index (χ1n) is 12.4. The molecule has 2 amide bonds. The van der Waals surface area contributed by atoms with Crippen LogP contribution in [0, 0.1) is 5.92 Å². The predicted molar refractivity (Wildman–Crippen MR) is 132 cm³/mol. The van der Waals surface area contributed by atoms with E-state index in [9.17, 15) is 14.7 Å². The van der Waals surface area contributed by atoms with E-state index in [2.05, 4.69) is 5.32 Å². The van der Waals surface area contributed by atoms with E-state index >= 15 is 0 Å². The molecule has 1 saturated heterocycles. The van der Waals surface area contributed by atoms with Gasteiger partial charge >= 0.3 is 0 Å². The molecular formula is C26H33N5O3. The number of aryl methyl sites for hydroxylation is 2. The molecule has 0 atom stereocenters. The van der Waals surface area contributed by atoms with E-state index in [4.69, 9.17) is 4.98 Å². The molecule has 3 heterocycles. The van der Waals surface area contributed by atoms with Crippen LogP contribution in [0.15, 0.2) is 24.4 Å². The molecule has 8 heteroatoms. The van der Waals surface area contributed by atoms with Crippen molar-refractivity contribution >= 4 is 28.5 Å². The Labute approximate surface area is 199 Å². The number of aromatic nitrogens is 3. The number of amides is 2. The predicted octanol–water partition coefficient (Wildman–Crippen LogP) is 4.43. The van der Waals surface area contributed by atoms with Gasteiger partial charge in [-0.3, -0.25) is 9.59 Å². The number of rotatable bonds is 4. The Morgan fingerprint density at radius 3 is 2.44 bits per heavy atom. The van der Waals surface area contributed by atoms with Crippen LogP contribution in [0.4, 0.5) is 5.69 Å². The van der Waals surface area contributed by atoms with Crippen molar-refractivity contribution < 1.29 is 14.7 Å². The summed E-state index contributed by atoms with van der Waals surface area (Å²) in [6.07, 6.45) is 10.1. The summed E-state index contributed by atoms with van der Waals surface area (Å²) in [5.74, 6) is 0.575. The summed E-state index contributed by atoms with van der Waals surface area (Å²) in [6, 6.07) is 5.69. The lowest BCUT2D eigenvalue weighted by Crippen LogP contribution is -2.31.